The number of likely N-dealkylation sites (tertiary alicyclic amines) is 1. The lowest BCUT2D eigenvalue weighted by atomic mass is 9.97. The highest BCUT2D eigenvalue weighted by molar-refractivity contribution is 7.10. The van der Waals surface area contributed by atoms with E-state index in [9.17, 15) is 9.59 Å². The van der Waals surface area contributed by atoms with Crippen LogP contribution in [0.4, 0.5) is 0 Å². The lowest BCUT2D eigenvalue weighted by Crippen LogP contribution is -2.41. The van der Waals surface area contributed by atoms with Gasteiger partial charge in [-0.2, -0.15) is 5.10 Å². The number of carbonyl (C=O) groups excluding carboxylic acids is 1. The Morgan fingerprint density at radius 3 is 2.71 bits per heavy atom. The molecular weight excluding hydrogens is 372 g/mol. The number of hydrogen-bond acceptors (Lipinski definition) is 5. The van der Waals surface area contributed by atoms with E-state index in [2.05, 4.69) is 44.9 Å². The summed E-state index contributed by atoms with van der Waals surface area (Å²) in [7, 11) is 0. The molecule has 28 heavy (non-hydrogen) atoms. The number of nitrogens with zero attached hydrogens (tertiary/aromatic N) is 2. The zero-order chi connectivity index (χ0) is 19.5. The van der Waals surface area contributed by atoms with E-state index >= 15 is 0 Å². The molecule has 1 aliphatic rings. The molecule has 1 saturated heterocycles. The van der Waals surface area contributed by atoms with Crippen LogP contribution in [0.15, 0.2) is 46.6 Å². The lowest BCUT2D eigenvalue weighted by molar-refractivity contribution is 0.0911. The van der Waals surface area contributed by atoms with Crippen molar-refractivity contribution in [3.05, 3.63) is 62.7 Å². The molecule has 1 unspecified atom stereocenters. The van der Waals surface area contributed by atoms with Crippen molar-refractivity contribution in [2.75, 3.05) is 19.6 Å². The third kappa shape index (κ3) is 3.86. The number of piperidine rings is 1. The number of aromatic nitrogens is 2. The van der Waals surface area contributed by atoms with E-state index in [1.54, 1.807) is 29.5 Å². The van der Waals surface area contributed by atoms with E-state index in [0.717, 1.165) is 19.0 Å². The molecule has 0 spiro atoms. The van der Waals surface area contributed by atoms with Gasteiger partial charge in [0.2, 0.25) is 0 Å². The van der Waals surface area contributed by atoms with Crippen LogP contribution in [0, 0.1) is 5.92 Å². The Morgan fingerprint density at radius 1 is 1.25 bits per heavy atom. The van der Waals surface area contributed by atoms with Crippen LogP contribution in [-0.4, -0.2) is 40.6 Å². The smallest absolute Gasteiger partial charge is 0.272 e. The second kappa shape index (κ2) is 8.24. The SMILES string of the molecule is CC1CCN(C(CNC(=O)c2n[nH]c(=O)c3ccccc23)c2cccs2)CC1. The molecule has 2 aromatic heterocycles. The number of H-pyrrole nitrogens is 1. The number of fused-ring (bicyclic) bond motifs is 1. The average molecular weight is 397 g/mol. The standard InChI is InChI=1S/C21H24N4O2S/c1-14-8-10-25(11-9-14)17(18-7-4-12-28-18)13-22-21(27)19-15-5-2-3-6-16(15)20(26)24-23-19/h2-7,12,14,17H,8-11,13H2,1H3,(H,22,27)(H,24,26). The van der Waals surface area contributed by atoms with Gasteiger partial charge in [-0.25, -0.2) is 5.10 Å². The summed E-state index contributed by atoms with van der Waals surface area (Å²) in [5.41, 5.74) is -0.0292. The molecule has 1 atom stereocenters. The highest BCUT2D eigenvalue weighted by atomic mass is 32.1. The van der Waals surface area contributed by atoms with E-state index in [-0.39, 0.29) is 23.2 Å². The first-order valence-electron chi connectivity index (χ1n) is 9.66. The van der Waals surface area contributed by atoms with Crippen LogP contribution in [0.1, 0.15) is 41.2 Å². The number of nitrogens with one attached hydrogen (secondary N) is 2. The highest BCUT2D eigenvalue weighted by Gasteiger charge is 2.26. The fourth-order valence-corrected chi connectivity index (χ4v) is 4.65. The molecular formula is C21H24N4O2S. The maximum Gasteiger partial charge on any atom is 0.272 e. The van der Waals surface area contributed by atoms with E-state index in [1.165, 1.54) is 17.7 Å². The maximum absolute atomic E-state index is 12.9. The fourth-order valence-electron chi connectivity index (χ4n) is 3.79. The number of thiophene rings is 1. The predicted octanol–water partition coefficient (Wildman–Crippen LogP) is 3.19. The Bertz CT molecular complexity index is 1010. The molecule has 6 nitrogen and oxygen atoms in total. The van der Waals surface area contributed by atoms with Crippen LogP contribution in [0.25, 0.3) is 10.8 Å². The first-order valence-corrected chi connectivity index (χ1v) is 10.5. The molecule has 1 aliphatic heterocycles. The Hall–Kier alpha value is -2.51. The van der Waals surface area contributed by atoms with Crippen molar-refractivity contribution in [3.8, 4) is 0 Å². The molecule has 2 N–H and O–H groups in total. The number of carbonyl (C=O) groups is 1. The van der Waals surface area contributed by atoms with Crippen LogP contribution in [-0.2, 0) is 0 Å². The van der Waals surface area contributed by atoms with Gasteiger partial charge in [-0.1, -0.05) is 31.2 Å². The van der Waals surface area contributed by atoms with Gasteiger partial charge in [-0.05, 0) is 49.4 Å². The normalized spacial score (nSPS) is 16.9. The molecule has 3 aromatic rings. The van der Waals surface area contributed by atoms with Gasteiger partial charge in [0.25, 0.3) is 11.5 Å². The van der Waals surface area contributed by atoms with Crippen molar-refractivity contribution in [2.24, 2.45) is 5.92 Å². The first kappa shape index (κ1) is 18.8. The number of amides is 1. The Labute approximate surface area is 167 Å². The monoisotopic (exact) mass is 396 g/mol. The molecule has 0 radical (unpaired) electrons. The summed E-state index contributed by atoms with van der Waals surface area (Å²) < 4.78 is 0. The van der Waals surface area contributed by atoms with Crippen molar-refractivity contribution in [2.45, 2.75) is 25.8 Å². The Balaban J connectivity index is 1.54. The van der Waals surface area contributed by atoms with E-state index in [4.69, 9.17) is 0 Å². The van der Waals surface area contributed by atoms with Crippen molar-refractivity contribution >= 4 is 28.0 Å². The second-order valence-electron chi connectivity index (χ2n) is 7.41. The number of benzene rings is 1. The van der Waals surface area contributed by atoms with E-state index < -0.39 is 0 Å². The van der Waals surface area contributed by atoms with Gasteiger partial charge < -0.3 is 5.32 Å². The zero-order valence-electron chi connectivity index (χ0n) is 15.9. The third-order valence-corrected chi connectivity index (χ3v) is 6.47. The summed E-state index contributed by atoms with van der Waals surface area (Å²) in [6.07, 6.45) is 2.36. The van der Waals surface area contributed by atoms with Gasteiger partial charge in [-0.3, -0.25) is 14.5 Å². The quantitative estimate of drug-likeness (QED) is 0.694. The molecule has 3 heterocycles. The van der Waals surface area contributed by atoms with Crippen LogP contribution in [0.2, 0.25) is 0 Å². The van der Waals surface area contributed by atoms with Crippen molar-refractivity contribution in [1.29, 1.82) is 0 Å². The van der Waals surface area contributed by atoms with Gasteiger partial charge in [0.05, 0.1) is 11.4 Å². The van der Waals surface area contributed by atoms with Crippen molar-refractivity contribution in [3.63, 3.8) is 0 Å². The van der Waals surface area contributed by atoms with E-state index in [0.29, 0.717) is 17.3 Å². The van der Waals surface area contributed by atoms with Crippen LogP contribution in [0.3, 0.4) is 0 Å². The van der Waals surface area contributed by atoms with Crippen LogP contribution >= 0.6 is 11.3 Å². The second-order valence-corrected chi connectivity index (χ2v) is 8.39. The Morgan fingerprint density at radius 2 is 2.00 bits per heavy atom. The lowest BCUT2D eigenvalue weighted by Gasteiger charge is -2.36. The van der Waals surface area contributed by atoms with Gasteiger partial charge in [-0.15, -0.1) is 11.3 Å². The minimum Gasteiger partial charge on any atom is -0.349 e. The zero-order valence-corrected chi connectivity index (χ0v) is 16.7. The summed E-state index contributed by atoms with van der Waals surface area (Å²) in [4.78, 5) is 28.5. The van der Waals surface area contributed by atoms with Crippen molar-refractivity contribution < 1.29 is 4.79 Å². The topological polar surface area (TPSA) is 78.1 Å². The molecule has 0 aliphatic carbocycles. The molecule has 4 rings (SSSR count). The summed E-state index contributed by atoms with van der Waals surface area (Å²) in [6, 6.07) is 11.4. The first-order chi connectivity index (χ1) is 13.6. The Kier molecular flexibility index (Phi) is 5.54. The third-order valence-electron chi connectivity index (χ3n) is 5.50. The van der Waals surface area contributed by atoms with E-state index in [1.807, 2.05) is 6.07 Å². The van der Waals surface area contributed by atoms with Crippen LogP contribution < -0.4 is 10.9 Å². The van der Waals surface area contributed by atoms with Gasteiger partial charge in [0, 0.05) is 16.8 Å². The molecule has 1 aromatic carbocycles. The largest absolute Gasteiger partial charge is 0.349 e. The fraction of sp³-hybridized carbons (Fsp3) is 0.381. The van der Waals surface area contributed by atoms with Crippen molar-refractivity contribution in [1.82, 2.24) is 20.4 Å². The summed E-state index contributed by atoms with van der Waals surface area (Å²) in [6.45, 7) is 4.90. The van der Waals surface area contributed by atoms with Crippen LogP contribution in [0.5, 0.6) is 0 Å². The maximum atomic E-state index is 12.9. The minimum absolute atomic E-state index is 0.158. The van der Waals surface area contributed by atoms with Gasteiger partial charge in [0.1, 0.15) is 0 Å². The average Bonchev–Trinajstić information content (AvgIpc) is 3.24. The highest BCUT2D eigenvalue weighted by Crippen LogP contribution is 2.29. The molecule has 7 heteroatoms. The molecule has 1 fully saturated rings. The summed E-state index contributed by atoms with van der Waals surface area (Å²) in [5, 5.41) is 12.6. The van der Waals surface area contributed by atoms with Gasteiger partial charge in [0.15, 0.2) is 5.69 Å². The molecule has 1 amide bonds. The number of aromatic amines is 1. The minimum atomic E-state index is -0.286. The summed E-state index contributed by atoms with van der Waals surface area (Å²) in [5.74, 6) is 0.492. The number of rotatable bonds is 5. The molecule has 146 valence electrons. The molecule has 0 bridgehead atoms. The molecule has 0 saturated carbocycles. The predicted molar refractivity (Wildman–Crippen MR) is 112 cm³/mol. The number of hydrogen-bond donors (Lipinski definition) is 2. The van der Waals surface area contributed by atoms with Gasteiger partial charge >= 0.3 is 0 Å². The summed E-state index contributed by atoms with van der Waals surface area (Å²) >= 11 is 1.72.